The number of piperidine rings is 1. The number of amides is 1. The zero-order valence-corrected chi connectivity index (χ0v) is 15.7. The van der Waals surface area contributed by atoms with Crippen molar-refractivity contribution in [1.29, 1.82) is 0 Å². The Bertz CT molecular complexity index is 558. The average molecular weight is 362 g/mol. The number of carbonyl (C=O) groups excluding carboxylic acids is 1. The van der Waals surface area contributed by atoms with E-state index >= 15 is 0 Å². The minimum atomic E-state index is -0.0727. The molecule has 0 bridgehead atoms. The first kappa shape index (κ1) is 19.3. The highest BCUT2D eigenvalue weighted by molar-refractivity contribution is 5.77. The van der Waals surface area contributed by atoms with Gasteiger partial charge in [0.05, 0.1) is 17.9 Å². The maximum absolute atomic E-state index is 12.1. The minimum Gasteiger partial charge on any atom is -0.375 e. The zero-order valence-electron chi connectivity index (χ0n) is 15.7. The number of carbonyl (C=O) groups is 1. The highest BCUT2D eigenvalue weighted by atomic mass is 16.5. The quantitative estimate of drug-likeness (QED) is 0.665. The van der Waals surface area contributed by atoms with Crippen LogP contribution in [0.25, 0.3) is 0 Å². The van der Waals surface area contributed by atoms with Crippen LogP contribution in [0.5, 0.6) is 0 Å². The highest BCUT2D eigenvalue weighted by Crippen LogP contribution is 2.42. The van der Waals surface area contributed by atoms with Gasteiger partial charge in [0, 0.05) is 39.1 Å². The largest absolute Gasteiger partial charge is 0.375 e. The Balaban J connectivity index is 1.42. The molecule has 2 aliphatic rings. The summed E-state index contributed by atoms with van der Waals surface area (Å²) in [6.45, 7) is 6.29. The lowest BCUT2D eigenvalue weighted by Crippen LogP contribution is -2.50. The molecule has 26 heavy (non-hydrogen) atoms. The smallest absolute Gasteiger partial charge is 0.248 e. The van der Waals surface area contributed by atoms with E-state index in [1.807, 2.05) is 30.0 Å². The molecule has 3 rings (SSSR count). The third-order valence-electron chi connectivity index (χ3n) is 5.58. The van der Waals surface area contributed by atoms with Gasteiger partial charge in [0.25, 0.3) is 0 Å². The van der Waals surface area contributed by atoms with Gasteiger partial charge < -0.3 is 19.1 Å². The normalized spacial score (nSPS) is 22.0. The number of hydrogen-bond acceptors (Lipinski definition) is 5. The maximum Gasteiger partial charge on any atom is 0.248 e. The van der Waals surface area contributed by atoms with Gasteiger partial charge in [0.2, 0.25) is 5.91 Å². The van der Waals surface area contributed by atoms with Crippen LogP contribution < -0.4 is 0 Å². The number of ether oxygens (including phenoxy) is 3. The van der Waals surface area contributed by atoms with Crippen LogP contribution in [0.4, 0.5) is 0 Å². The Hall–Kier alpha value is -1.50. The lowest BCUT2D eigenvalue weighted by molar-refractivity contribution is -0.142. The van der Waals surface area contributed by atoms with Crippen LogP contribution in [0.2, 0.25) is 0 Å². The van der Waals surface area contributed by atoms with Crippen molar-refractivity contribution in [2.24, 2.45) is 5.92 Å². The topological polar surface area (TPSA) is 60.9 Å². The monoisotopic (exact) mass is 362 g/mol. The van der Waals surface area contributed by atoms with E-state index in [1.54, 1.807) is 6.20 Å². The van der Waals surface area contributed by atoms with Crippen molar-refractivity contribution in [1.82, 2.24) is 9.88 Å². The van der Waals surface area contributed by atoms with Gasteiger partial charge in [-0.2, -0.15) is 0 Å². The molecule has 144 valence electrons. The van der Waals surface area contributed by atoms with Gasteiger partial charge >= 0.3 is 0 Å². The molecule has 1 amide bonds. The Morgan fingerprint density at radius 1 is 1.35 bits per heavy atom. The summed E-state index contributed by atoms with van der Waals surface area (Å²) in [7, 11) is 0. The van der Waals surface area contributed by atoms with E-state index in [9.17, 15) is 4.79 Å². The van der Waals surface area contributed by atoms with Crippen molar-refractivity contribution in [3.63, 3.8) is 0 Å². The molecule has 1 spiro atoms. The molecular formula is C20H30N2O4. The van der Waals surface area contributed by atoms with E-state index in [0.29, 0.717) is 19.1 Å². The van der Waals surface area contributed by atoms with Crippen LogP contribution in [-0.4, -0.2) is 60.9 Å². The van der Waals surface area contributed by atoms with Crippen LogP contribution in [0.15, 0.2) is 24.4 Å². The van der Waals surface area contributed by atoms with Crippen LogP contribution in [0.1, 0.15) is 38.3 Å². The summed E-state index contributed by atoms with van der Waals surface area (Å²) in [5.74, 6) is 0.602. The lowest BCUT2D eigenvalue weighted by atomic mass is 9.78. The van der Waals surface area contributed by atoms with Crippen molar-refractivity contribution in [2.45, 2.75) is 44.8 Å². The molecule has 2 fully saturated rings. The molecule has 3 heterocycles. The molecule has 0 N–H and O–H groups in total. The number of rotatable bonds is 8. The first-order valence-electron chi connectivity index (χ1n) is 9.70. The van der Waals surface area contributed by atoms with Crippen molar-refractivity contribution in [2.75, 3.05) is 39.5 Å². The van der Waals surface area contributed by atoms with Gasteiger partial charge in [-0.25, -0.2) is 0 Å². The summed E-state index contributed by atoms with van der Waals surface area (Å²) >= 11 is 0. The molecule has 0 aliphatic carbocycles. The van der Waals surface area contributed by atoms with Gasteiger partial charge in [0.15, 0.2) is 0 Å². The van der Waals surface area contributed by atoms with E-state index in [-0.39, 0.29) is 18.1 Å². The summed E-state index contributed by atoms with van der Waals surface area (Å²) in [5, 5.41) is 0. The van der Waals surface area contributed by atoms with E-state index in [2.05, 4.69) is 4.98 Å². The number of likely N-dealkylation sites (tertiary alicyclic amines) is 1. The van der Waals surface area contributed by atoms with Gasteiger partial charge in [-0.05, 0) is 50.7 Å². The Morgan fingerprint density at radius 3 is 2.92 bits per heavy atom. The van der Waals surface area contributed by atoms with Crippen molar-refractivity contribution < 1.29 is 19.0 Å². The van der Waals surface area contributed by atoms with E-state index in [0.717, 1.165) is 57.7 Å². The summed E-state index contributed by atoms with van der Waals surface area (Å²) in [4.78, 5) is 18.3. The predicted octanol–water partition coefficient (Wildman–Crippen LogP) is 2.42. The molecule has 0 aromatic carbocycles. The number of aromatic nitrogens is 1. The zero-order chi connectivity index (χ0) is 18.2. The van der Waals surface area contributed by atoms with Gasteiger partial charge in [-0.1, -0.05) is 6.07 Å². The molecule has 6 nitrogen and oxygen atoms in total. The summed E-state index contributed by atoms with van der Waals surface area (Å²) in [5.41, 5.74) is 0.891. The summed E-state index contributed by atoms with van der Waals surface area (Å²) in [6, 6.07) is 5.87. The number of pyridine rings is 1. The third-order valence-corrected chi connectivity index (χ3v) is 5.58. The molecule has 0 saturated carbocycles. The lowest BCUT2D eigenvalue weighted by Gasteiger charge is -2.42. The van der Waals surface area contributed by atoms with Crippen molar-refractivity contribution >= 4 is 5.91 Å². The fraction of sp³-hybridized carbons (Fsp3) is 0.700. The standard InChI is InChI=1S/C20H30N2O4/c1-2-24-16-19(23)22-11-8-20(9-12-22)17(7-14-26-20)6-13-25-15-18-5-3-4-10-21-18/h3-5,10,17H,2,6-9,11-16H2,1H3. The predicted molar refractivity (Wildman–Crippen MR) is 97.6 cm³/mol. The molecular weight excluding hydrogens is 332 g/mol. The molecule has 6 heteroatoms. The fourth-order valence-electron chi connectivity index (χ4n) is 4.05. The minimum absolute atomic E-state index is 0.0727. The molecule has 0 radical (unpaired) electrons. The van der Waals surface area contributed by atoms with E-state index < -0.39 is 0 Å². The number of hydrogen-bond donors (Lipinski definition) is 0. The average Bonchev–Trinajstić information content (AvgIpc) is 3.06. The summed E-state index contributed by atoms with van der Waals surface area (Å²) in [6.07, 6.45) is 5.70. The van der Waals surface area contributed by atoms with Crippen LogP contribution >= 0.6 is 0 Å². The highest BCUT2D eigenvalue weighted by Gasteiger charge is 2.46. The molecule has 1 aromatic heterocycles. The molecule has 2 aliphatic heterocycles. The van der Waals surface area contributed by atoms with Crippen molar-refractivity contribution in [3.05, 3.63) is 30.1 Å². The molecule has 1 aromatic rings. The Kier molecular flexibility index (Phi) is 7.00. The van der Waals surface area contributed by atoms with Crippen LogP contribution in [-0.2, 0) is 25.6 Å². The SMILES string of the molecule is CCOCC(=O)N1CCC2(CC1)OCCC2CCOCc1ccccn1. The molecule has 1 unspecified atom stereocenters. The van der Waals surface area contributed by atoms with Crippen molar-refractivity contribution in [3.8, 4) is 0 Å². The van der Waals surface area contributed by atoms with Gasteiger partial charge in [-0.3, -0.25) is 9.78 Å². The maximum atomic E-state index is 12.1. The van der Waals surface area contributed by atoms with Crippen LogP contribution in [0, 0.1) is 5.92 Å². The summed E-state index contributed by atoms with van der Waals surface area (Å²) < 4.78 is 17.2. The first-order valence-corrected chi connectivity index (χ1v) is 9.70. The first-order chi connectivity index (χ1) is 12.7. The van der Waals surface area contributed by atoms with Crippen LogP contribution in [0.3, 0.4) is 0 Å². The Labute approximate surface area is 155 Å². The third kappa shape index (κ3) is 4.81. The van der Waals surface area contributed by atoms with E-state index in [1.165, 1.54) is 0 Å². The molecule has 1 atom stereocenters. The fourth-order valence-corrected chi connectivity index (χ4v) is 4.05. The second-order valence-corrected chi connectivity index (χ2v) is 7.08. The van der Waals surface area contributed by atoms with Gasteiger partial charge in [-0.15, -0.1) is 0 Å². The van der Waals surface area contributed by atoms with Gasteiger partial charge in [0.1, 0.15) is 6.61 Å². The second-order valence-electron chi connectivity index (χ2n) is 7.08. The second kappa shape index (κ2) is 9.44. The molecule has 2 saturated heterocycles. The Morgan fingerprint density at radius 2 is 2.19 bits per heavy atom. The number of nitrogens with zero attached hydrogens (tertiary/aromatic N) is 2. The van der Waals surface area contributed by atoms with E-state index in [4.69, 9.17) is 14.2 Å².